The van der Waals surface area contributed by atoms with E-state index in [2.05, 4.69) is 18.7 Å². The summed E-state index contributed by atoms with van der Waals surface area (Å²) >= 11 is 0. The number of nitrogens with zero attached hydrogens (tertiary/aromatic N) is 2. The molecule has 0 bridgehead atoms. The maximum Gasteiger partial charge on any atom is 0.339 e. The number of carbonyl (C=O) groups excluding carboxylic acids is 2. The highest BCUT2D eigenvalue weighted by Crippen LogP contribution is 2.30. The molecule has 1 amide bonds. The molecule has 0 N–H and O–H groups in total. The second kappa shape index (κ2) is 6.55. The molecule has 2 heterocycles. The van der Waals surface area contributed by atoms with E-state index in [0.717, 1.165) is 25.2 Å². The van der Waals surface area contributed by atoms with Gasteiger partial charge in [-0.3, -0.25) is 9.69 Å². The molecular weight excluding hydrogens is 304 g/mol. The first-order valence-electron chi connectivity index (χ1n) is 8.72. The third-order valence-corrected chi connectivity index (χ3v) is 4.82. The Hall–Kier alpha value is -1.88. The topological polar surface area (TPSA) is 49.9 Å². The highest BCUT2D eigenvalue weighted by Gasteiger charge is 2.45. The number of benzene rings is 1. The highest BCUT2D eigenvalue weighted by atomic mass is 16.6. The van der Waals surface area contributed by atoms with Gasteiger partial charge >= 0.3 is 5.97 Å². The van der Waals surface area contributed by atoms with Crippen molar-refractivity contribution >= 4 is 11.9 Å². The van der Waals surface area contributed by atoms with Gasteiger partial charge in [0.05, 0.1) is 5.56 Å². The molecule has 130 valence electrons. The van der Waals surface area contributed by atoms with Crippen molar-refractivity contribution in [2.24, 2.45) is 5.92 Å². The number of hydrogen-bond acceptors (Lipinski definition) is 4. The Bertz CT molecular complexity index is 635. The molecular formula is C19H26N2O3. The zero-order valence-corrected chi connectivity index (χ0v) is 14.7. The molecule has 3 rings (SSSR count). The number of ether oxygens (including phenoxy) is 1. The van der Waals surface area contributed by atoms with Crippen LogP contribution in [0.25, 0.3) is 0 Å². The molecule has 0 radical (unpaired) electrons. The third-order valence-electron chi connectivity index (χ3n) is 4.82. The van der Waals surface area contributed by atoms with Crippen molar-refractivity contribution in [3.8, 4) is 0 Å². The van der Waals surface area contributed by atoms with E-state index in [1.807, 2.05) is 23.1 Å². The lowest BCUT2D eigenvalue weighted by molar-refractivity contribution is -0.153. The van der Waals surface area contributed by atoms with E-state index in [4.69, 9.17) is 4.74 Å². The normalized spacial score (nSPS) is 24.7. The minimum Gasteiger partial charge on any atom is -0.445 e. The van der Waals surface area contributed by atoms with Crippen LogP contribution in [0.4, 0.5) is 0 Å². The Labute approximate surface area is 143 Å². The lowest BCUT2D eigenvalue weighted by atomic mass is 9.88. The van der Waals surface area contributed by atoms with Crippen molar-refractivity contribution in [2.45, 2.75) is 32.8 Å². The van der Waals surface area contributed by atoms with Crippen molar-refractivity contribution in [3.63, 3.8) is 0 Å². The Balaban J connectivity index is 1.69. The lowest BCUT2D eigenvalue weighted by Crippen LogP contribution is -2.58. The molecule has 24 heavy (non-hydrogen) atoms. The number of hydrogen-bond donors (Lipinski definition) is 0. The summed E-state index contributed by atoms with van der Waals surface area (Å²) in [6.45, 7) is 10.4. The smallest absolute Gasteiger partial charge is 0.339 e. The molecule has 5 nitrogen and oxygen atoms in total. The molecule has 0 saturated carbocycles. The average Bonchev–Trinajstić information content (AvgIpc) is 2.54. The molecule has 1 unspecified atom stereocenters. The minimum absolute atomic E-state index is 0.0745. The number of carbonyl (C=O) groups is 2. The first-order chi connectivity index (χ1) is 11.4. The molecule has 1 saturated heterocycles. The van der Waals surface area contributed by atoms with Gasteiger partial charge in [0.1, 0.15) is 0 Å². The third kappa shape index (κ3) is 3.31. The number of fused-ring (bicyclic) bond motifs is 1. The summed E-state index contributed by atoms with van der Waals surface area (Å²) in [5.41, 5.74) is 0.374. The first kappa shape index (κ1) is 17.0. The monoisotopic (exact) mass is 330 g/mol. The number of cyclic esters (lactones) is 1. The van der Waals surface area contributed by atoms with E-state index in [1.165, 1.54) is 0 Å². The molecule has 0 aliphatic carbocycles. The van der Waals surface area contributed by atoms with E-state index in [0.29, 0.717) is 31.0 Å². The van der Waals surface area contributed by atoms with E-state index < -0.39 is 11.6 Å². The predicted octanol–water partition coefficient (Wildman–Crippen LogP) is 1.96. The van der Waals surface area contributed by atoms with Crippen molar-refractivity contribution in [1.29, 1.82) is 0 Å². The standard InChI is InChI=1S/C19H26N2O3/c1-14(2)13-20-8-10-21(11-9-20)18(23)19(3)12-15-6-4-5-7-16(15)17(22)24-19/h4-7,14H,8-13H2,1-3H3. The Kier molecular flexibility index (Phi) is 4.63. The van der Waals surface area contributed by atoms with Gasteiger partial charge in [0.2, 0.25) is 0 Å². The second-order valence-corrected chi connectivity index (χ2v) is 7.44. The van der Waals surface area contributed by atoms with Gasteiger partial charge in [-0.05, 0) is 24.5 Å². The first-order valence-corrected chi connectivity index (χ1v) is 8.72. The largest absolute Gasteiger partial charge is 0.445 e. The molecule has 1 aromatic rings. The fourth-order valence-electron chi connectivity index (χ4n) is 3.64. The summed E-state index contributed by atoms with van der Waals surface area (Å²) in [5.74, 6) is 0.154. The Morgan fingerprint density at radius 1 is 1.21 bits per heavy atom. The zero-order chi connectivity index (χ0) is 17.3. The second-order valence-electron chi connectivity index (χ2n) is 7.44. The number of esters is 1. The van der Waals surface area contributed by atoms with Crippen LogP contribution in [-0.2, 0) is 16.0 Å². The maximum absolute atomic E-state index is 13.0. The summed E-state index contributed by atoms with van der Waals surface area (Å²) < 4.78 is 5.56. The lowest BCUT2D eigenvalue weighted by Gasteiger charge is -2.41. The predicted molar refractivity (Wildman–Crippen MR) is 91.8 cm³/mol. The summed E-state index contributed by atoms with van der Waals surface area (Å²) in [6.07, 6.45) is 0.444. The molecule has 2 aliphatic rings. The van der Waals surface area contributed by atoms with Crippen molar-refractivity contribution < 1.29 is 14.3 Å². The Morgan fingerprint density at radius 2 is 1.88 bits per heavy atom. The van der Waals surface area contributed by atoms with Gasteiger partial charge < -0.3 is 9.64 Å². The van der Waals surface area contributed by atoms with Crippen LogP contribution in [0.15, 0.2) is 24.3 Å². The molecule has 0 spiro atoms. The summed E-state index contributed by atoms with van der Waals surface area (Å²) in [6, 6.07) is 7.37. The molecule has 0 aromatic heterocycles. The molecule has 1 fully saturated rings. The van der Waals surface area contributed by atoms with Gasteiger partial charge in [-0.2, -0.15) is 0 Å². The molecule has 5 heteroatoms. The van der Waals surface area contributed by atoms with Gasteiger partial charge in [-0.25, -0.2) is 4.79 Å². The van der Waals surface area contributed by atoms with Crippen molar-refractivity contribution in [3.05, 3.63) is 35.4 Å². The molecule has 1 atom stereocenters. The number of amides is 1. The van der Waals surface area contributed by atoms with Gasteiger partial charge in [-0.1, -0.05) is 32.0 Å². The maximum atomic E-state index is 13.0. The van der Waals surface area contributed by atoms with Crippen LogP contribution < -0.4 is 0 Å². The van der Waals surface area contributed by atoms with Crippen LogP contribution in [0.5, 0.6) is 0 Å². The molecule has 2 aliphatic heterocycles. The van der Waals surface area contributed by atoms with Crippen LogP contribution in [0.1, 0.15) is 36.7 Å². The highest BCUT2D eigenvalue weighted by molar-refractivity contribution is 5.97. The van der Waals surface area contributed by atoms with Crippen LogP contribution in [0.3, 0.4) is 0 Å². The number of piperazine rings is 1. The SMILES string of the molecule is CC(C)CN1CCN(C(=O)C2(C)Cc3ccccc3C(=O)O2)CC1. The van der Waals surface area contributed by atoms with Crippen LogP contribution in [0, 0.1) is 5.92 Å². The van der Waals surface area contributed by atoms with Gasteiger partial charge in [0.25, 0.3) is 5.91 Å². The van der Waals surface area contributed by atoms with Crippen molar-refractivity contribution in [1.82, 2.24) is 9.80 Å². The van der Waals surface area contributed by atoms with Crippen LogP contribution in [-0.4, -0.2) is 60.0 Å². The zero-order valence-electron chi connectivity index (χ0n) is 14.7. The van der Waals surface area contributed by atoms with Gasteiger partial charge in [0, 0.05) is 39.1 Å². The average molecular weight is 330 g/mol. The molecule has 1 aromatic carbocycles. The minimum atomic E-state index is -1.09. The van der Waals surface area contributed by atoms with E-state index in [9.17, 15) is 9.59 Å². The Morgan fingerprint density at radius 3 is 2.54 bits per heavy atom. The fourth-order valence-corrected chi connectivity index (χ4v) is 3.64. The quantitative estimate of drug-likeness (QED) is 0.795. The number of rotatable bonds is 3. The van der Waals surface area contributed by atoms with Crippen molar-refractivity contribution in [2.75, 3.05) is 32.7 Å². The summed E-state index contributed by atoms with van der Waals surface area (Å²) in [5, 5.41) is 0. The summed E-state index contributed by atoms with van der Waals surface area (Å²) in [4.78, 5) is 29.5. The fraction of sp³-hybridized carbons (Fsp3) is 0.579. The van der Waals surface area contributed by atoms with E-state index in [1.54, 1.807) is 13.0 Å². The van der Waals surface area contributed by atoms with Gasteiger partial charge in [-0.15, -0.1) is 0 Å². The van der Waals surface area contributed by atoms with Crippen LogP contribution in [0.2, 0.25) is 0 Å². The van der Waals surface area contributed by atoms with Gasteiger partial charge in [0.15, 0.2) is 5.60 Å². The summed E-state index contributed by atoms with van der Waals surface area (Å²) in [7, 11) is 0. The van der Waals surface area contributed by atoms with E-state index in [-0.39, 0.29) is 5.91 Å². The van der Waals surface area contributed by atoms with E-state index >= 15 is 0 Å². The van der Waals surface area contributed by atoms with Crippen LogP contribution >= 0.6 is 0 Å².